The number of hydrogen-bond acceptors (Lipinski definition) is 2. The minimum atomic E-state index is -1.57. The molecule has 0 aromatic rings. The second-order valence-electron chi connectivity index (χ2n) is 6.39. The topological polar surface area (TPSA) is 18.5 Å². The molecule has 0 saturated carbocycles. The van der Waals surface area contributed by atoms with E-state index in [2.05, 4.69) is 53.0 Å². The third kappa shape index (κ3) is 4.32. The zero-order chi connectivity index (χ0) is 14.0. The van der Waals surface area contributed by atoms with Gasteiger partial charge in [-0.2, -0.15) is 0 Å². The Morgan fingerprint density at radius 2 is 1.50 bits per heavy atom. The van der Waals surface area contributed by atoms with Gasteiger partial charge in [-0.15, -0.1) is 0 Å². The van der Waals surface area contributed by atoms with E-state index in [-0.39, 0.29) is 0 Å². The molecular formula is C14H28O2Si2. The molecule has 0 atom stereocenters. The number of rotatable bonds is 6. The predicted molar refractivity (Wildman–Crippen MR) is 83.5 cm³/mol. The highest BCUT2D eigenvalue weighted by molar-refractivity contribution is 6.71. The van der Waals surface area contributed by atoms with Crippen molar-refractivity contribution in [3.63, 3.8) is 0 Å². The summed E-state index contributed by atoms with van der Waals surface area (Å²) in [4.78, 5) is 0. The van der Waals surface area contributed by atoms with Crippen LogP contribution in [0.25, 0.3) is 0 Å². The van der Waals surface area contributed by atoms with E-state index in [0.29, 0.717) is 0 Å². The normalized spacial score (nSPS) is 16.9. The second-order valence-corrected chi connectivity index (χ2v) is 15.2. The van der Waals surface area contributed by atoms with Crippen LogP contribution < -0.4 is 0 Å². The van der Waals surface area contributed by atoms with Crippen LogP contribution in [-0.4, -0.2) is 16.6 Å². The highest BCUT2D eigenvalue weighted by atomic mass is 28.4. The lowest BCUT2D eigenvalue weighted by Crippen LogP contribution is -2.31. The minimum Gasteiger partial charge on any atom is -0.544 e. The smallest absolute Gasteiger partial charge is 0.245 e. The molecule has 104 valence electrons. The van der Waals surface area contributed by atoms with Gasteiger partial charge in [-0.1, -0.05) is 19.4 Å². The van der Waals surface area contributed by atoms with Crippen molar-refractivity contribution >= 4 is 16.6 Å². The third-order valence-corrected chi connectivity index (χ3v) is 8.56. The van der Waals surface area contributed by atoms with Crippen molar-refractivity contribution in [1.29, 1.82) is 0 Å². The van der Waals surface area contributed by atoms with Crippen molar-refractivity contribution in [2.45, 2.75) is 65.5 Å². The first-order valence-electron chi connectivity index (χ1n) is 6.97. The molecule has 0 saturated heterocycles. The molecular weight excluding hydrogens is 256 g/mol. The summed E-state index contributed by atoms with van der Waals surface area (Å²) in [5.41, 5.74) is 1.35. The second kappa shape index (κ2) is 5.65. The van der Waals surface area contributed by atoms with Gasteiger partial charge in [0.05, 0.1) is 0 Å². The SMILES string of the molecule is CC[Si](C)(C)OC1=C(O[Si](C)(C)CC)CC(C)=C1. The summed E-state index contributed by atoms with van der Waals surface area (Å²) in [5, 5.41) is 0. The van der Waals surface area contributed by atoms with Gasteiger partial charge >= 0.3 is 0 Å². The fraction of sp³-hybridized carbons (Fsp3) is 0.714. The van der Waals surface area contributed by atoms with Gasteiger partial charge in [0, 0.05) is 6.42 Å². The van der Waals surface area contributed by atoms with Crippen molar-refractivity contribution in [2.75, 3.05) is 0 Å². The molecule has 1 aliphatic carbocycles. The predicted octanol–water partition coefficient (Wildman–Crippen LogP) is 5.03. The van der Waals surface area contributed by atoms with Crippen LogP contribution in [0.1, 0.15) is 27.2 Å². The van der Waals surface area contributed by atoms with Crippen molar-refractivity contribution in [2.24, 2.45) is 0 Å². The summed E-state index contributed by atoms with van der Waals surface area (Å²) < 4.78 is 12.5. The molecule has 0 fully saturated rings. The van der Waals surface area contributed by atoms with Crippen LogP contribution in [0.5, 0.6) is 0 Å². The van der Waals surface area contributed by atoms with Gasteiger partial charge in [-0.05, 0) is 51.3 Å². The van der Waals surface area contributed by atoms with Gasteiger partial charge in [-0.3, -0.25) is 0 Å². The van der Waals surface area contributed by atoms with Crippen molar-refractivity contribution in [3.05, 3.63) is 23.2 Å². The zero-order valence-corrected chi connectivity index (χ0v) is 15.0. The Balaban J connectivity index is 2.86. The van der Waals surface area contributed by atoms with E-state index >= 15 is 0 Å². The van der Waals surface area contributed by atoms with Gasteiger partial charge < -0.3 is 8.85 Å². The Bertz CT molecular complexity index is 368. The molecule has 0 N–H and O–H groups in total. The van der Waals surface area contributed by atoms with E-state index in [9.17, 15) is 0 Å². The number of allylic oxidation sites excluding steroid dienone is 2. The Kier molecular flexibility index (Phi) is 4.89. The third-order valence-electron chi connectivity index (χ3n) is 3.58. The summed E-state index contributed by atoms with van der Waals surface area (Å²) in [6.07, 6.45) is 3.10. The van der Waals surface area contributed by atoms with Crippen LogP contribution in [0.2, 0.25) is 38.3 Å². The highest BCUT2D eigenvalue weighted by Gasteiger charge is 2.30. The van der Waals surface area contributed by atoms with Gasteiger partial charge in [0.25, 0.3) is 0 Å². The molecule has 0 heterocycles. The molecule has 1 aliphatic rings. The molecule has 18 heavy (non-hydrogen) atoms. The Hall–Kier alpha value is -0.486. The molecule has 0 radical (unpaired) electrons. The van der Waals surface area contributed by atoms with E-state index in [1.165, 1.54) is 5.57 Å². The maximum atomic E-state index is 6.29. The average Bonchev–Trinajstić information content (AvgIpc) is 2.57. The van der Waals surface area contributed by atoms with Crippen molar-refractivity contribution in [3.8, 4) is 0 Å². The van der Waals surface area contributed by atoms with Crippen LogP contribution in [-0.2, 0) is 8.85 Å². The largest absolute Gasteiger partial charge is 0.544 e. The van der Waals surface area contributed by atoms with Gasteiger partial charge in [-0.25, -0.2) is 0 Å². The summed E-state index contributed by atoms with van der Waals surface area (Å²) >= 11 is 0. The van der Waals surface area contributed by atoms with Crippen LogP contribution >= 0.6 is 0 Å². The summed E-state index contributed by atoms with van der Waals surface area (Å²) in [6, 6.07) is 2.27. The quantitative estimate of drug-likeness (QED) is 0.637. The first-order chi connectivity index (χ1) is 8.19. The molecule has 0 aromatic carbocycles. The van der Waals surface area contributed by atoms with Crippen LogP contribution in [0.3, 0.4) is 0 Å². The lowest BCUT2D eigenvalue weighted by Gasteiger charge is -2.27. The van der Waals surface area contributed by atoms with Crippen LogP contribution in [0.4, 0.5) is 0 Å². The lowest BCUT2D eigenvalue weighted by molar-refractivity contribution is 0.348. The average molecular weight is 285 g/mol. The van der Waals surface area contributed by atoms with E-state index in [4.69, 9.17) is 8.85 Å². The summed E-state index contributed by atoms with van der Waals surface area (Å²) in [6.45, 7) is 15.7. The molecule has 0 spiro atoms. The monoisotopic (exact) mass is 284 g/mol. The van der Waals surface area contributed by atoms with Gasteiger partial charge in [0.1, 0.15) is 11.5 Å². The number of hydrogen-bond donors (Lipinski definition) is 0. The van der Waals surface area contributed by atoms with E-state index in [1.807, 2.05) is 0 Å². The molecule has 0 aromatic heterocycles. The Morgan fingerprint density at radius 3 is 2.00 bits per heavy atom. The first kappa shape index (κ1) is 15.6. The summed E-state index contributed by atoms with van der Waals surface area (Å²) in [7, 11) is -3.12. The Morgan fingerprint density at radius 1 is 1.00 bits per heavy atom. The molecule has 0 unspecified atom stereocenters. The summed E-state index contributed by atoms with van der Waals surface area (Å²) in [5.74, 6) is 2.10. The van der Waals surface area contributed by atoms with E-state index in [1.54, 1.807) is 0 Å². The maximum Gasteiger partial charge on any atom is 0.245 e. The van der Waals surface area contributed by atoms with Crippen molar-refractivity contribution in [1.82, 2.24) is 0 Å². The highest BCUT2D eigenvalue weighted by Crippen LogP contribution is 2.32. The molecule has 0 aliphatic heterocycles. The maximum absolute atomic E-state index is 6.29. The molecule has 2 nitrogen and oxygen atoms in total. The standard InChI is InChI=1S/C14H28O2Si2/c1-8-17(4,5)15-13-10-12(3)11-14(13)16-18(6,7)9-2/h10H,8-9,11H2,1-7H3. The van der Waals surface area contributed by atoms with E-state index in [0.717, 1.165) is 30.0 Å². The fourth-order valence-corrected chi connectivity index (χ4v) is 3.54. The van der Waals surface area contributed by atoms with Crippen molar-refractivity contribution < 1.29 is 8.85 Å². The molecule has 0 amide bonds. The first-order valence-corrected chi connectivity index (χ1v) is 13.2. The molecule has 0 bridgehead atoms. The van der Waals surface area contributed by atoms with Crippen LogP contribution in [0.15, 0.2) is 23.2 Å². The Labute approximate surface area is 114 Å². The van der Waals surface area contributed by atoms with E-state index < -0.39 is 16.6 Å². The molecule has 4 heteroatoms. The fourth-order valence-electron chi connectivity index (χ4n) is 1.64. The minimum absolute atomic E-state index is 0.931. The van der Waals surface area contributed by atoms with Crippen LogP contribution in [0, 0.1) is 0 Å². The molecule has 1 rings (SSSR count). The van der Waals surface area contributed by atoms with Gasteiger partial charge in [0.2, 0.25) is 16.6 Å². The lowest BCUT2D eigenvalue weighted by atomic mass is 10.3. The zero-order valence-electron chi connectivity index (χ0n) is 13.0. The van der Waals surface area contributed by atoms with Gasteiger partial charge in [0.15, 0.2) is 0 Å².